The van der Waals surface area contributed by atoms with Crippen molar-refractivity contribution in [2.24, 2.45) is 11.8 Å². The van der Waals surface area contributed by atoms with E-state index in [1.54, 1.807) is 4.90 Å². The van der Waals surface area contributed by atoms with Crippen molar-refractivity contribution in [1.29, 1.82) is 0 Å². The van der Waals surface area contributed by atoms with E-state index in [0.717, 1.165) is 32.5 Å². The zero-order valence-corrected chi connectivity index (χ0v) is 16.1. The van der Waals surface area contributed by atoms with E-state index in [2.05, 4.69) is 38.3 Å². The fourth-order valence-electron chi connectivity index (χ4n) is 3.55. The number of hydrogen-bond donors (Lipinski definition) is 3. The van der Waals surface area contributed by atoms with Gasteiger partial charge in [0, 0.05) is 31.8 Å². The van der Waals surface area contributed by atoms with Crippen LogP contribution in [0.4, 0.5) is 0 Å². The van der Waals surface area contributed by atoms with E-state index in [0.29, 0.717) is 31.2 Å². The molecule has 1 rings (SSSR count). The summed E-state index contributed by atoms with van der Waals surface area (Å²) in [7, 11) is 0. The summed E-state index contributed by atoms with van der Waals surface area (Å²) in [6, 6.07) is 0.279. The molecule has 1 aliphatic carbocycles. The number of nitrogens with one attached hydrogen (secondary N) is 3. The monoisotopic (exact) mass is 340 g/mol. The van der Waals surface area contributed by atoms with Crippen LogP contribution < -0.4 is 15.5 Å². The van der Waals surface area contributed by atoms with Crippen LogP contribution in [0.3, 0.4) is 0 Å². The van der Waals surface area contributed by atoms with Crippen molar-refractivity contribution >= 4 is 11.8 Å². The van der Waals surface area contributed by atoms with Crippen LogP contribution in [0.15, 0.2) is 0 Å². The third-order valence-corrected chi connectivity index (χ3v) is 5.66. The van der Waals surface area contributed by atoms with E-state index < -0.39 is 0 Å². The molecule has 5 heteroatoms. The van der Waals surface area contributed by atoms with Crippen molar-refractivity contribution in [2.45, 2.75) is 72.3 Å². The Morgan fingerprint density at radius 3 is 2.38 bits per heavy atom. The van der Waals surface area contributed by atoms with E-state index in [-0.39, 0.29) is 17.9 Å². The molecular weight excluding hydrogens is 302 g/mol. The van der Waals surface area contributed by atoms with Crippen LogP contribution in [0, 0.1) is 11.8 Å². The Balaban J connectivity index is 2.14. The van der Waals surface area contributed by atoms with Crippen molar-refractivity contribution in [2.75, 3.05) is 26.2 Å². The lowest BCUT2D eigenvalue weighted by Crippen LogP contribution is -3.11. The summed E-state index contributed by atoms with van der Waals surface area (Å²) in [5.41, 5.74) is 0. The maximum atomic E-state index is 12.1. The fraction of sp³-hybridized carbons (Fsp3) is 0.895. The zero-order chi connectivity index (χ0) is 17.9. The van der Waals surface area contributed by atoms with Gasteiger partial charge in [0.1, 0.15) is 0 Å². The Kier molecular flexibility index (Phi) is 9.99. The molecule has 2 amide bonds. The molecule has 1 aliphatic rings. The first-order valence-electron chi connectivity index (χ1n) is 9.87. The summed E-state index contributed by atoms with van der Waals surface area (Å²) >= 11 is 0. The number of quaternary nitrogens is 1. The zero-order valence-electron chi connectivity index (χ0n) is 16.1. The van der Waals surface area contributed by atoms with Crippen LogP contribution in [0.1, 0.15) is 66.2 Å². The highest BCUT2D eigenvalue weighted by atomic mass is 16.2. The molecule has 5 nitrogen and oxygen atoms in total. The Morgan fingerprint density at radius 1 is 1.04 bits per heavy atom. The van der Waals surface area contributed by atoms with Gasteiger partial charge in [0.25, 0.3) is 0 Å². The minimum Gasteiger partial charge on any atom is -0.356 e. The third kappa shape index (κ3) is 7.65. The average molecular weight is 341 g/mol. The van der Waals surface area contributed by atoms with Crippen LogP contribution >= 0.6 is 0 Å². The average Bonchev–Trinajstić information content (AvgIpc) is 2.57. The molecule has 3 N–H and O–H groups in total. The summed E-state index contributed by atoms with van der Waals surface area (Å²) in [5.74, 6) is 1.20. The van der Waals surface area contributed by atoms with Crippen molar-refractivity contribution in [3.8, 4) is 0 Å². The van der Waals surface area contributed by atoms with E-state index >= 15 is 0 Å². The lowest BCUT2D eigenvalue weighted by atomic mass is 9.78. The number of hydrogen-bond acceptors (Lipinski definition) is 2. The SMILES string of the molecule is CC[NH+](CC)CCCNC(=O)CCC(=O)N[C@H]1CCC[C@@H](C)[C@@H]1C. The highest BCUT2D eigenvalue weighted by Gasteiger charge is 2.28. The van der Waals surface area contributed by atoms with Gasteiger partial charge in [-0.3, -0.25) is 9.59 Å². The first-order chi connectivity index (χ1) is 11.5. The van der Waals surface area contributed by atoms with E-state index in [1.165, 1.54) is 12.8 Å². The minimum atomic E-state index is -0.00948. The van der Waals surface area contributed by atoms with Gasteiger partial charge in [0.15, 0.2) is 0 Å². The molecule has 3 atom stereocenters. The summed E-state index contributed by atoms with van der Waals surface area (Å²) in [6.45, 7) is 12.9. The summed E-state index contributed by atoms with van der Waals surface area (Å²) in [4.78, 5) is 25.5. The van der Waals surface area contributed by atoms with Gasteiger partial charge in [-0.1, -0.05) is 26.7 Å². The van der Waals surface area contributed by atoms with E-state index in [4.69, 9.17) is 0 Å². The first-order valence-corrected chi connectivity index (χ1v) is 9.87. The van der Waals surface area contributed by atoms with Crippen LogP contribution in [0.25, 0.3) is 0 Å². The second-order valence-corrected chi connectivity index (χ2v) is 7.35. The molecule has 0 aliphatic heterocycles. The molecule has 0 bridgehead atoms. The number of carbonyl (C=O) groups is 2. The number of carbonyl (C=O) groups excluding carboxylic acids is 2. The van der Waals surface area contributed by atoms with Gasteiger partial charge in [0.2, 0.25) is 11.8 Å². The molecule has 0 heterocycles. The van der Waals surface area contributed by atoms with Gasteiger partial charge in [-0.25, -0.2) is 0 Å². The lowest BCUT2D eigenvalue weighted by Gasteiger charge is -2.34. The molecule has 0 radical (unpaired) electrons. The van der Waals surface area contributed by atoms with Gasteiger partial charge in [-0.2, -0.15) is 0 Å². The normalized spacial score (nSPS) is 24.0. The Bertz CT molecular complexity index is 383. The second kappa shape index (κ2) is 11.5. The lowest BCUT2D eigenvalue weighted by molar-refractivity contribution is -0.896. The van der Waals surface area contributed by atoms with E-state index in [1.807, 2.05) is 0 Å². The molecule has 0 aromatic rings. The molecule has 140 valence electrons. The molecule has 1 saturated carbocycles. The van der Waals surface area contributed by atoms with Crippen LogP contribution in [-0.2, 0) is 9.59 Å². The van der Waals surface area contributed by atoms with Crippen LogP contribution in [0.5, 0.6) is 0 Å². The predicted molar refractivity (Wildman–Crippen MR) is 97.9 cm³/mol. The Hall–Kier alpha value is -1.10. The van der Waals surface area contributed by atoms with E-state index in [9.17, 15) is 9.59 Å². The molecule has 1 fully saturated rings. The van der Waals surface area contributed by atoms with Gasteiger partial charge in [-0.05, 0) is 32.1 Å². The number of rotatable bonds is 10. The van der Waals surface area contributed by atoms with Crippen molar-refractivity contribution in [1.82, 2.24) is 10.6 Å². The topological polar surface area (TPSA) is 62.6 Å². The summed E-state index contributed by atoms with van der Waals surface area (Å²) in [6.07, 6.45) is 5.09. The highest BCUT2D eigenvalue weighted by molar-refractivity contribution is 5.83. The fourth-order valence-corrected chi connectivity index (χ4v) is 3.55. The smallest absolute Gasteiger partial charge is 0.220 e. The van der Waals surface area contributed by atoms with Crippen LogP contribution in [0.2, 0.25) is 0 Å². The molecule has 0 unspecified atom stereocenters. The molecular formula is C19H38N3O2+. The summed E-state index contributed by atoms with van der Waals surface area (Å²) in [5, 5.41) is 6.06. The van der Waals surface area contributed by atoms with Gasteiger partial charge in [-0.15, -0.1) is 0 Å². The van der Waals surface area contributed by atoms with Crippen molar-refractivity contribution in [3.63, 3.8) is 0 Å². The minimum absolute atomic E-state index is 0.00948. The quantitative estimate of drug-likeness (QED) is 0.522. The van der Waals surface area contributed by atoms with Gasteiger partial charge in [0.05, 0.1) is 19.6 Å². The van der Waals surface area contributed by atoms with Gasteiger partial charge >= 0.3 is 0 Å². The molecule has 24 heavy (non-hydrogen) atoms. The second-order valence-electron chi connectivity index (χ2n) is 7.35. The van der Waals surface area contributed by atoms with Gasteiger partial charge < -0.3 is 15.5 Å². The maximum Gasteiger partial charge on any atom is 0.220 e. The Labute approximate surface area is 147 Å². The van der Waals surface area contributed by atoms with Crippen LogP contribution in [-0.4, -0.2) is 44.0 Å². The third-order valence-electron chi connectivity index (χ3n) is 5.66. The standard InChI is InChI=1S/C19H37N3O2/c1-5-22(6-2)14-8-13-20-18(23)11-12-19(24)21-17-10-7-9-15(3)16(17)4/h15-17H,5-14H2,1-4H3,(H,20,23)(H,21,24)/p+1/t15-,16+,17+/m1/s1. The maximum absolute atomic E-state index is 12.1. The van der Waals surface area contributed by atoms with Crippen molar-refractivity contribution in [3.05, 3.63) is 0 Å². The highest BCUT2D eigenvalue weighted by Crippen LogP contribution is 2.29. The summed E-state index contributed by atoms with van der Waals surface area (Å²) < 4.78 is 0. The van der Waals surface area contributed by atoms with Crippen molar-refractivity contribution < 1.29 is 14.5 Å². The molecule has 0 spiro atoms. The predicted octanol–water partition coefficient (Wildman–Crippen LogP) is 1.14. The Morgan fingerprint density at radius 2 is 1.71 bits per heavy atom. The largest absolute Gasteiger partial charge is 0.356 e. The first kappa shape index (κ1) is 20.9. The molecule has 0 saturated heterocycles. The molecule has 0 aromatic heterocycles. The number of amides is 2. The molecule has 0 aromatic carbocycles.